The van der Waals surface area contributed by atoms with Gasteiger partial charge in [-0.1, -0.05) is 71.6 Å². The predicted molar refractivity (Wildman–Crippen MR) is 102 cm³/mol. The number of nitrogens with zero attached hydrogens (tertiary/aromatic N) is 1. The molecule has 0 bridgehead atoms. The summed E-state index contributed by atoms with van der Waals surface area (Å²) in [5.41, 5.74) is 5.50. The van der Waals surface area contributed by atoms with Gasteiger partial charge in [-0.2, -0.15) is 0 Å². The third-order valence-electron chi connectivity index (χ3n) is 4.51. The van der Waals surface area contributed by atoms with Crippen molar-refractivity contribution in [2.75, 3.05) is 19.6 Å². The SMILES string of the molecule is CCCCCCCCN(CCCC)C(=O)CCCCCCCN. The molecule has 0 fully saturated rings. The van der Waals surface area contributed by atoms with E-state index in [9.17, 15) is 4.79 Å². The molecular formula is C20H42N2O. The molecule has 23 heavy (non-hydrogen) atoms. The molecule has 0 saturated carbocycles. The van der Waals surface area contributed by atoms with Gasteiger partial charge in [-0.25, -0.2) is 0 Å². The van der Waals surface area contributed by atoms with Crippen molar-refractivity contribution in [1.29, 1.82) is 0 Å². The summed E-state index contributed by atoms with van der Waals surface area (Å²) in [5, 5.41) is 0. The van der Waals surface area contributed by atoms with Gasteiger partial charge in [-0.05, 0) is 32.2 Å². The molecule has 0 atom stereocenters. The van der Waals surface area contributed by atoms with Gasteiger partial charge in [0.25, 0.3) is 0 Å². The lowest BCUT2D eigenvalue weighted by Crippen LogP contribution is -2.32. The Morgan fingerprint density at radius 2 is 1.22 bits per heavy atom. The minimum absolute atomic E-state index is 0.380. The Kier molecular flexibility index (Phi) is 17.3. The summed E-state index contributed by atoms with van der Waals surface area (Å²) in [6.45, 7) is 7.17. The van der Waals surface area contributed by atoms with Crippen molar-refractivity contribution in [1.82, 2.24) is 4.90 Å². The van der Waals surface area contributed by atoms with Crippen LogP contribution in [-0.2, 0) is 4.79 Å². The first-order chi connectivity index (χ1) is 11.3. The molecule has 0 heterocycles. The number of unbranched alkanes of at least 4 members (excludes halogenated alkanes) is 10. The van der Waals surface area contributed by atoms with Gasteiger partial charge in [0, 0.05) is 19.5 Å². The van der Waals surface area contributed by atoms with Gasteiger partial charge >= 0.3 is 0 Å². The van der Waals surface area contributed by atoms with Gasteiger partial charge in [0.05, 0.1) is 0 Å². The van der Waals surface area contributed by atoms with Gasteiger partial charge < -0.3 is 10.6 Å². The molecule has 0 aliphatic rings. The fraction of sp³-hybridized carbons (Fsp3) is 0.950. The fourth-order valence-corrected chi connectivity index (χ4v) is 2.90. The Hall–Kier alpha value is -0.570. The number of carbonyl (C=O) groups is 1. The van der Waals surface area contributed by atoms with Crippen molar-refractivity contribution < 1.29 is 4.79 Å². The summed E-state index contributed by atoms with van der Waals surface area (Å²) >= 11 is 0. The topological polar surface area (TPSA) is 46.3 Å². The van der Waals surface area contributed by atoms with Crippen LogP contribution in [-0.4, -0.2) is 30.4 Å². The Bertz CT molecular complexity index is 256. The summed E-state index contributed by atoms with van der Waals surface area (Å²) in [6, 6.07) is 0. The van der Waals surface area contributed by atoms with Crippen molar-refractivity contribution in [2.45, 2.75) is 104 Å². The lowest BCUT2D eigenvalue weighted by Gasteiger charge is -2.22. The average Bonchev–Trinajstić information content (AvgIpc) is 2.56. The number of carbonyl (C=O) groups excluding carboxylic acids is 1. The van der Waals surface area contributed by atoms with Gasteiger partial charge in [-0.3, -0.25) is 4.79 Å². The average molecular weight is 327 g/mol. The van der Waals surface area contributed by atoms with Crippen molar-refractivity contribution in [2.24, 2.45) is 5.73 Å². The highest BCUT2D eigenvalue weighted by molar-refractivity contribution is 5.76. The molecule has 0 aromatic rings. The second-order valence-electron chi connectivity index (χ2n) is 6.81. The molecule has 0 aliphatic carbocycles. The Morgan fingerprint density at radius 3 is 1.87 bits per heavy atom. The normalized spacial score (nSPS) is 10.9. The summed E-state index contributed by atoms with van der Waals surface area (Å²) < 4.78 is 0. The molecule has 0 radical (unpaired) electrons. The number of nitrogens with two attached hydrogens (primary N) is 1. The number of amides is 1. The molecule has 0 unspecified atom stereocenters. The maximum atomic E-state index is 12.4. The van der Waals surface area contributed by atoms with E-state index in [4.69, 9.17) is 5.73 Å². The van der Waals surface area contributed by atoms with Crippen molar-refractivity contribution in [3.05, 3.63) is 0 Å². The minimum atomic E-state index is 0.380. The van der Waals surface area contributed by atoms with Crippen LogP contribution in [0.25, 0.3) is 0 Å². The quantitative estimate of drug-likeness (QED) is 0.370. The molecule has 3 heteroatoms. The van der Waals surface area contributed by atoms with Crippen molar-refractivity contribution >= 4 is 5.91 Å². The summed E-state index contributed by atoms with van der Waals surface area (Å²) in [4.78, 5) is 14.5. The van der Waals surface area contributed by atoms with E-state index in [1.165, 1.54) is 64.2 Å². The molecule has 0 rings (SSSR count). The Morgan fingerprint density at radius 1 is 0.696 bits per heavy atom. The van der Waals surface area contributed by atoms with Crippen LogP contribution in [0.1, 0.15) is 104 Å². The van der Waals surface area contributed by atoms with Crippen LogP contribution in [0.4, 0.5) is 0 Å². The first-order valence-electron chi connectivity index (χ1n) is 10.2. The monoisotopic (exact) mass is 326 g/mol. The van der Waals surface area contributed by atoms with Crippen LogP contribution in [0.3, 0.4) is 0 Å². The molecular weight excluding hydrogens is 284 g/mol. The van der Waals surface area contributed by atoms with Crippen LogP contribution >= 0.6 is 0 Å². The molecule has 0 aromatic carbocycles. The van der Waals surface area contributed by atoms with Crippen LogP contribution in [0.5, 0.6) is 0 Å². The lowest BCUT2D eigenvalue weighted by atomic mass is 10.1. The number of rotatable bonds is 17. The standard InChI is InChI=1S/C20H42N2O/c1-3-5-7-8-12-15-19-22(18-6-4-2)20(23)16-13-10-9-11-14-17-21/h3-19,21H2,1-2H3. The van der Waals surface area contributed by atoms with E-state index >= 15 is 0 Å². The van der Waals surface area contributed by atoms with Crippen LogP contribution in [0.2, 0.25) is 0 Å². The molecule has 0 spiro atoms. The molecule has 0 aromatic heterocycles. The molecule has 3 nitrogen and oxygen atoms in total. The van der Waals surface area contributed by atoms with Gasteiger partial charge in [0.1, 0.15) is 0 Å². The van der Waals surface area contributed by atoms with E-state index in [1.54, 1.807) is 0 Å². The van der Waals surface area contributed by atoms with E-state index in [0.717, 1.165) is 45.3 Å². The molecule has 0 saturated heterocycles. The maximum absolute atomic E-state index is 12.4. The second-order valence-corrected chi connectivity index (χ2v) is 6.81. The smallest absolute Gasteiger partial charge is 0.222 e. The zero-order chi connectivity index (χ0) is 17.2. The van der Waals surface area contributed by atoms with E-state index in [-0.39, 0.29) is 0 Å². The highest BCUT2D eigenvalue weighted by atomic mass is 16.2. The fourth-order valence-electron chi connectivity index (χ4n) is 2.90. The molecule has 0 aliphatic heterocycles. The summed E-state index contributed by atoms with van der Waals surface area (Å²) in [6.07, 6.45) is 16.6. The minimum Gasteiger partial charge on any atom is -0.343 e. The van der Waals surface area contributed by atoms with Crippen LogP contribution in [0.15, 0.2) is 0 Å². The lowest BCUT2D eigenvalue weighted by molar-refractivity contribution is -0.131. The van der Waals surface area contributed by atoms with Crippen molar-refractivity contribution in [3.8, 4) is 0 Å². The largest absolute Gasteiger partial charge is 0.343 e. The Labute approximate surface area is 145 Å². The van der Waals surface area contributed by atoms with Crippen LogP contribution in [0, 0.1) is 0 Å². The van der Waals surface area contributed by atoms with E-state index in [2.05, 4.69) is 18.7 Å². The first-order valence-corrected chi connectivity index (χ1v) is 10.2. The predicted octanol–water partition coefficient (Wildman–Crippen LogP) is 5.27. The van der Waals surface area contributed by atoms with Gasteiger partial charge in [0.15, 0.2) is 0 Å². The van der Waals surface area contributed by atoms with E-state index in [1.807, 2.05) is 0 Å². The molecule has 2 N–H and O–H groups in total. The summed E-state index contributed by atoms with van der Waals surface area (Å²) in [7, 11) is 0. The second kappa shape index (κ2) is 17.8. The van der Waals surface area contributed by atoms with E-state index < -0.39 is 0 Å². The number of hydrogen-bond donors (Lipinski definition) is 1. The zero-order valence-corrected chi connectivity index (χ0v) is 16.0. The highest BCUT2D eigenvalue weighted by Gasteiger charge is 2.12. The maximum Gasteiger partial charge on any atom is 0.222 e. The molecule has 1 amide bonds. The van der Waals surface area contributed by atoms with Crippen LogP contribution < -0.4 is 5.73 Å². The highest BCUT2D eigenvalue weighted by Crippen LogP contribution is 2.10. The first kappa shape index (κ1) is 22.4. The third kappa shape index (κ3) is 14.7. The van der Waals surface area contributed by atoms with Gasteiger partial charge in [-0.15, -0.1) is 0 Å². The number of hydrogen-bond acceptors (Lipinski definition) is 2. The third-order valence-corrected chi connectivity index (χ3v) is 4.51. The summed E-state index contributed by atoms with van der Waals surface area (Å²) in [5.74, 6) is 0.380. The Balaban J connectivity index is 3.84. The molecule has 138 valence electrons. The van der Waals surface area contributed by atoms with E-state index in [0.29, 0.717) is 5.91 Å². The van der Waals surface area contributed by atoms with Gasteiger partial charge in [0.2, 0.25) is 5.91 Å². The van der Waals surface area contributed by atoms with Crippen molar-refractivity contribution in [3.63, 3.8) is 0 Å². The zero-order valence-electron chi connectivity index (χ0n) is 16.0.